The number of anilines is 1. The van der Waals surface area contributed by atoms with Gasteiger partial charge in [0.2, 0.25) is 5.16 Å². The highest BCUT2D eigenvalue weighted by Gasteiger charge is 2.27. The van der Waals surface area contributed by atoms with Crippen molar-refractivity contribution >= 4 is 33.4 Å². The fraction of sp³-hybridized carbons (Fsp3) is 0.364. The molecule has 3 rings (SSSR count). The zero-order valence-corrected chi connectivity index (χ0v) is 12.0. The number of nitrogen functional groups attached to an aromatic ring is 1. The molecule has 0 radical (unpaired) electrons. The van der Waals surface area contributed by atoms with Crippen molar-refractivity contribution in [3.05, 3.63) is 28.2 Å². The van der Waals surface area contributed by atoms with Crippen LogP contribution < -0.4 is 5.73 Å². The Kier molecular flexibility index (Phi) is 3.25. The number of rotatable bonds is 4. The molecule has 1 heterocycles. The number of halogens is 1. The Balaban J connectivity index is 1.69. The second-order valence-electron chi connectivity index (χ2n) is 4.28. The molecule has 0 amide bonds. The summed E-state index contributed by atoms with van der Waals surface area (Å²) in [6, 6.07) is 6.51. The average molecular weight is 326 g/mol. The topological polar surface area (TPSA) is 69.6 Å². The third kappa shape index (κ3) is 2.51. The molecule has 1 saturated carbocycles. The van der Waals surface area contributed by atoms with E-state index in [-0.39, 0.29) is 0 Å². The molecule has 2 N–H and O–H groups in total. The van der Waals surface area contributed by atoms with E-state index in [2.05, 4.69) is 37.5 Å². The van der Waals surface area contributed by atoms with Gasteiger partial charge in [0.25, 0.3) is 0 Å². The van der Waals surface area contributed by atoms with E-state index in [0.717, 1.165) is 21.1 Å². The van der Waals surface area contributed by atoms with Gasteiger partial charge in [-0.3, -0.25) is 0 Å². The van der Waals surface area contributed by atoms with Gasteiger partial charge in [-0.15, -0.1) is 5.10 Å². The van der Waals surface area contributed by atoms with Crippen LogP contribution in [0.3, 0.4) is 0 Å². The second-order valence-corrected chi connectivity index (χ2v) is 6.08. The Morgan fingerprint density at radius 2 is 2.28 bits per heavy atom. The minimum absolute atomic E-state index is 0.512. The first-order chi connectivity index (χ1) is 8.74. The Bertz CT molecular complexity index is 566. The van der Waals surface area contributed by atoms with Crippen LogP contribution in [0.4, 0.5) is 5.69 Å². The van der Waals surface area contributed by atoms with E-state index in [0.29, 0.717) is 6.04 Å². The summed E-state index contributed by atoms with van der Waals surface area (Å²) in [5.74, 6) is 0.824. The maximum atomic E-state index is 5.86. The van der Waals surface area contributed by atoms with E-state index in [1.54, 1.807) is 11.8 Å². The largest absolute Gasteiger partial charge is 0.398 e. The summed E-state index contributed by atoms with van der Waals surface area (Å²) < 4.78 is 2.85. The number of nitrogens with two attached hydrogens (primary N) is 1. The van der Waals surface area contributed by atoms with Crippen molar-refractivity contribution in [3.63, 3.8) is 0 Å². The minimum atomic E-state index is 0.512. The summed E-state index contributed by atoms with van der Waals surface area (Å²) in [6.45, 7) is 0. The van der Waals surface area contributed by atoms with Gasteiger partial charge in [0.05, 0.1) is 6.04 Å². The number of aromatic nitrogens is 4. The monoisotopic (exact) mass is 325 g/mol. The van der Waals surface area contributed by atoms with E-state index in [1.165, 1.54) is 18.4 Å². The van der Waals surface area contributed by atoms with Gasteiger partial charge in [0.15, 0.2) is 0 Å². The van der Waals surface area contributed by atoms with Crippen LogP contribution in [0.2, 0.25) is 0 Å². The number of hydrogen-bond acceptors (Lipinski definition) is 5. The first-order valence-electron chi connectivity index (χ1n) is 5.68. The first kappa shape index (κ1) is 12.0. The number of benzene rings is 1. The molecule has 1 aromatic carbocycles. The van der Waals surface area contributed by atoms with Crippen molar-refractivity contribution in [2.75, 3.05) is 5.73 Å². The van der Waals surface area contributed by atoms with E-state index in [1.807, 2.05) is 16.8 Å². The van der Waals surface area contributed by atoms with Crippen LogP contribution >= 0.6 is 27.7 Å². The zero-order chi connectivity index (χ0) is 12.5. The predicted octanol–water partition coefficient (Wildman–Crippen LogP) is 2.65. The van der Waals surface area contributed by atoms with Crippen molar-refractivity contribution in [3.8, 4) is 0 Å². The zero-order valence-electron chi connectivity index (χ0n) is 9.58. The molecule has 1 aliphatic carbocycles. The van der Waals surface area contributed by atoms with Crippen molar-refractivity contribution in [1.29, 1.82) is 0 Å². The summed E-state index contributed by atoms with van der Waals surface area (Å²) in [5, 5.41) is 12.7. The van der Waals surface area contributed by atoms with Crippen LogP contribution in [0.25, 0.3) is 0 Å². The van der Waals surface area contributed by atoms with E-state index in [9.17, 15) is 0 Å². The molecular weight excluding hydrogens is 314 g/mol. The van der Waals surface area contributed by atoms with Crippen LogP contribution in [0, 0.1) is 0 Å². The average Bonchev–Trinajstić information content (AvgIpc) is 3.10. The highest BCUT2D eigenvalue weighted by molar-refractivity contribution is 9.10. The van der Waals surface area contributed by atoms with Crippen LogP contribution in [0.5, 0.6) is 0 Å². The Morgan fingerprint density at radius 3 is 3.00 bits per heavy atom. The van der Waals surface area contributed by atoms with Crippen LogP contribution in [-0.2, 0) is 5.75 Å². The fourth-order valence-corrected chi connectivity index (χ4v) is 2.79. The molecule has 1 aliphatic rings. The van der Waals surface area contributed by atoms with Crippen LogP contribution in [0.1, 0.15) is 24.4 Å². The summed E-state index contributed by atoms with van der Waals surface area (Å²) in [6.07, 6.45) is 2.37. The lowest BCUT2D eigenvalue weighted by atomic mass is 10.2. The second kappa shape index (κ2) is 4.89. The Labute approximate surface area is 117 Å². The number of thioether (sulfide) groups is 1. The SMILES string of the molecule is Nc1cc(CSc2nnnn2C2CC2)ccc1Br. The van der Waals surface area contributed by atoms with E-state index < -0.39 is 0 Å². The van der Waals surface area contributed by atoms with Crippen molar-refractivity contribution in [1.82, 2.24) is 20.2 Å². The van der Waals surface area contributed by atoms with Gasteiger partial charge >= 0.3 is 0 Å². The Morgan fingerprint density at radius 1 is 1.44 bits per heavy atom. The van der Waals surface area contributed by atoms with Gasteiger partial charge in [-0.25, -0.2) is 4.68 Å². The summed E-state index contributed by atoms with van der Waals surface area (Å²) >= 11 is 5.04. The molecule has 0 spiro atoms. The molecule has 5 nitrogen and oxygen atoms in total. The third-order valence-corrected chi connectivity index (χ3v) is 4.51. The number of tetrazole rings is 1. The maximum absolute atomic E-state index is 5.86. The maximum Gasteiger partial charge on any atom is 0.209 e. The molecule has 1 aromatic heterocycles. The van der Waals surface area contributed by atoms with Gasteiger partial charge in [0.1, 0.15) is 0 Å². The molecule has 0 atom stereocenters. The lowest BCUT2D eigenvalue weighted by Crippen LogP contribution is -1.99. The third-order valence-electron chi connectivity index (χ3n) is 2.78. The quantitative estimate of drug-likeness (QED) is 0.691. The van der Waals surface area contributed by atoms with Gasteiger partial charge in [-0.1, -0.05) is 17.8 Å². The van der Waals surface area contributed by atoms with Gasteiger partial charge in [0, 0.05) is 15.9 Å². The van der Waals surface area contributed by atoms with Gasteiger partial charge in [-0.2, -0.15) is 0 Å². The molecule has 2 aromatic rings. The first-order valence-corrected chi connectivity index (χ1v) is 7.46. The highest BCUT2D eigenvalue weighted by atomic mass is 79.9. The number of hydrogen-bond donors (Lipinski definition) is 1. The van der Waals surface area contributed by atoms with Crippen molar-refractivity contribution in [2.24, 2.45) is 0 Å². The standard InChI is InChI=1S/C11H12BrN5S/c12-9-4-1-7(5-10(9)13)6-18-11-14-15-16-17(11)8-2-3-8/h1,4-5,8H,2-3,6,13H2. The van der Waals surface area contributed by atoms with E-state index in [4.69, 9.17) is 5.73 Å². The molecule has 0 bridgehead atoms. The number of nitrogens with zero attached hydrogens (tertiary/aromatic N) is 4. The van der Waals surface area contributed by atoms with Gasteiger partial charge < -0.3 is 5.73 Å². The summed E-state index contributed by atoms with van der Waals surface area (Å²) in [4.78, 5) is 0. The summed E-state index contributed by atoms with van der Waals surface area (Å²) in [7, 11) is 0. The molecule has 0 unspecified atom stereocenters. The normalized spacial score (nSPS) is 14.9. The molecule has 7 heteroatoms. The van der Waals surface area contributed by atoms with E-state index >= 15 is 0 Å². The van der Waals surface area contributed by atoms with Gasteiger partial charge in [-0.05, 0) is 56.9 Å². The Hall–Kier alpha value is -1.08. The molecule has 1 fully saturated rings. The lowest BCUT2D eigenvalue weighted by Gasteiger charge is -2.04. The smallest absolute Gasteiger partial charge is 0.209 e. The minimum Gasteiger partial charge on any atom is -0.398 e. The van der Waals surface area contributed by atoms with Crippen LogP contribution in [-0.4, -0.2) is 20.2 Å². The molecule has 94 valence electrons. The van der Waals surface area contributed by atoms with Crippen LogP contribution in [0.15, 0.2) is 27.8 Å². The lowest BCUT2D eigenvalue weighted by molar-refractivity contribution is 0.565. The van der Waals surface area contributed by atoms with Crippen molar-refractivity contribution in [2.45, 2.75) is 29.8 Å². The van der Waals surface area contributed by atoms with Crippen molar-refractivity contribution < 1.29 is 0 Å². The molecule has 18 heavy (non-hydrogen) atoms. The molecular formula is C11H12BrN5S. The highest BCUT2D eigenvalue weighted by Crippen LogP contribution is 2.37. The fourth-order valence-electron chi connectivity index (χ4n) is 1.66. The summed E-state index contributed by atoms with van der Waals surface area (Å²) in [5.41, 5.74) is 7.79. The molecule has 0 saturated heterocycles. The molecule has 0 aliphatic heterocycles. The predicted molar refractivity (Wildman–Crippen MR) is 74.2 cm³/mol.